The lowest BCUT2D eigenvalue weighted by molar-refractivity contribution is -0.137. The summed E-state index contributed by atoms with van der Waals surface area (Å²) in [6, 6.07) is 5.81. The highest BCUT2D eigenvalue weighted by Crippen LogP contribution is 2.15. The molecule has 1 aromatic rings. The second-order valence-corrected chi connectivity index (χ2v) is 5.33. The third kappa shape index (κ3) is 3.73. The van der Waals surface area contributed by atoms with Gasteiger partial charge in [0.05, 0.1) is 16.6 Å². The van der Waals surface area contributed by atoms with E-state index in [0.29, 0.717) is 4.90 Å². The Balaban J connectivity index is 2.73. The number of nitrogens with two attached hydrogens (primary N) is 1. The number of halogens is 1. The average molecular weight is 292 g/mol. The molecule has 0 amide bonds. The minimum Gasteiger partial charge on any atom is -0.480 e. The lowest BCUT2D eigenvalue weighted by Gasteiger charge is -2.06. The first-order valence-electron chi connectivity index (χ1n) is 4.13. The van der Waals surface area contributed by atoms with Crippen LogP contribution in [0.25, 0.3) is 0 Å². The van der Waals surface area contributed by atoms with E-state index in [-0.39, 0.29) is 5.75 Å². The van der Waals surface area contributed by atoms with Crippen LogP contribution >= 0.6 is 15.9 Å². The molecule has 0 saturated carbocycles. The van der Waals surface area contributed by atoms with Gasteiger partial charge in [-0.05, 0) is 18.2 Å². The Morgan fingerprint density at radius 3 is 2.80 bits per heavy atom. The van der Waals surface area contributed by atoms with E-state index in [1.807, 2.05) is 0 Å². The molecule has 1 aromatic carbocycles. The number of hydrogen-bond donors (Lipinski definition) is 2. The molecule has 0 aliphatic rings. The molecule has 6 heteroatoms. The van der Waals surface area contributed by atoms with Gasteiger partial charge in [-0.2, -0.15) is 0 Å². The zero-order valence-electron chi connectivity index (χ0n) is 7.72. The van der Waals surface area contributed by atoms with E-state index in [9.17, 15) is 9.00 Å². The van der Waals surface area contributed by atoms with Crippen molar-refractivity contribution >= 4 is 32.7 Å². The SMILES string of the molecule is NC(CS(=O)c1cccc(Br)c1)C(=O)O. The van der Waals surface area contributed by atoms with Crippen molar-refractivity contribution in [3.8, 4) is 0 Å². The van der Waals surface area contributed by atoms with E-state index in [4.69, 9.17) is 10.8 Å². The Morgan fingerprint density at radius 2 is 2.27 bits per heavy atom. The van der Waals surface area contributed by atoms with Crippen molar-refractivity contribution in [2.75, 3.05) is 5.75 Å². The molecule has 0 aliphatic carbocycles. The first-order chi connectivity index (χ1) is 7.00. The van der Waals surface area contributed by atoms with Crippen LogP contribution in [0.2, 0.25) is 0 Å². The van der Waals surface area contributed by atoms with Crippen LogP contribution in [0.3, 0.4) is 0 Å². The summed E-state index contributed by atoms with van der Waals surface area (Å²) in [6.45, 7) is 0. The molecular formula is C9H10BrNO3S. The predicted octanol–water partition coefficient (Wildman–Crippen LogP) is 0.969. The van der Waals surface area contributed by atoms with Gasteiger partial charge in [-0.15, -0.1) is 0 Å². The summed E-state index contributed by atoms with van der Waals surface area (Å²) in [7, 11) is -1.38. The molecule has 0 radical (unpaired) electrons. The lowest BCUT2D eigenvalue weighted by Crippen LogP contribution is -2.35. The summed E-state index contributed by atoms with van der Waals surface area (Å²) < 4.78 is 12.5. The van der Waals surface area contributed by atoms with E-state index < -0.39 is 22.8 Å². The van der Waals surface area contributed by atoms with Gasteiger partial charge in [-0.3, -0.25) is 9.00 Å². The van der Waals surface area contributed by atoms with Gasteiger partial charge in [-0.1, -0.05) is 22.0 Å². The van der Waals surface area contributed by atoms with Crippen molar-refractivity contribution in [3.63, 3.8) is 0 Å². The summed E-state index contributed by atoms with van der Waals surface area (Å²) in [4.78, 5) is 11.0. The van der Waals surface area contributed by atoms with Crippen LogP contribution in [0.1, 0.15) is 0 Å². The fraction of sp³-hybridized carbons (Fsp3) is 0.222. The van der Waals surface area contributed by atoms with Crippen LogP contribution in [-0.2, 0) is 15.6 Å². The number of benzene rings is 1. The zero-order chi connectivity index (χ0) is 11.4. The maximum Gasteiger partial charge on any atom is 0.321 e. The first-order valence-corrected chi connectivity index (χ1v) is 6.24. The number of rotatable bonds is 4. The molecule has 2 atom stereocenters. The summed E-state index contributed by atoms with van der Waals surface area (Å²) >= 11 is 3.24. The van der Waals surface area contributed by atoms with E-state index in [1.54, 1.807) is 24.3 Å². The van der Waals surface area contributed by atoms with Crippen LogP contribution in [0.5, 0.6) is 0 Å². The molecule has 0 spiro atoms. The summed E-state index contributed by atoms with van der Waals surface area (Å²) in [6.07, 6.45) is 0. The minimum absolute atomic E-state index is 0.0776. The number of aliphatic carboxylic acids is 1. The second-order valence-electron chi connectivity index (χ2n) is 2.91. The fourth-order valence-electron chi connectivity index (χ4n) is 0.939. The standard InChI is InChI=1S/C9H10BrNO3S/c10-6-2-1-3-7(4-6)15(14)5-8(11)9(12)13/h1-4,8H,5,11H2,(H,12,13). The molecular weight excluding hydrogens is 282 g/mol. The lowest BCUT2D eigenvalue weighted by atomic mass is 10.4. The van der Waals surface area contributed by atoms with Crippen molar-refractivity contribution in [3.05, 3.63) is 28.7 Å². The quantitative estimate of drug-likeness (QED) is 0.866. The average Bonchev–Trinajstić information content (AvgIpc) is 2.17. The number of carboxylic acids is 1. The molecule has 0 bridgehead atoms. The van der Waals surface area contributed by atoms with Crippen molar-refractivity contribution < 1.29 is 14.1 Å². The Bertz CT molecular complexity index is 397. The Kier molecular flexibility index (Phi) is 4.44. The molecule has 0 aliphatic heterocycles. The van der Waals surface area contributed by atoms with Crippen LogP contribution in [0.4, 0.5) is 0 Å². The predicted molar refractivity (Wildman–Crippen MR) is 61.0 cm³/mol. The highest BCUT2D eigenvalue weighted by Gasteiger charge is 2.16. The topological polar surface area (TPSA) is 80.4 Å². The van der Waals surface area contributed by atoms with Crippen molar-refractivity contribution in [1.82, 2.24) is 0 Å². The highest BCUT2D eigenvalue weighted by atomic mass is 79.9. The maximum atomic E-state index is 11.7. The van der Waals surface area contributed by atoms with Crippen molar-refractivity contribution in [1.29, 1.82) is 0 Å². The van der Waals surface area contributed by atoms with Gasteiger partial charge in [0, 0.05) is 9.37 Å². The molecule has 0 saturated heterocycles. The summed E-state index contributed by atoms with van der Waals surface area (Å²) in [5.41, 5.74) is 5.29. The number of carbonyl (C=O) groups is 1. The zero-order valence-corrected chi connectivity index (χ0v) is 10.1. The summed E-state index contributed by atoms with van der Waals surface area (Å²) in [5.74, 6) is -1.22. The smallest absolute Gasteiger partial charge is 0.321 e. The molecule has 2 unspecified atom stereocenters. The van der Waals surface area contributed by atoms with Gasteiger partial charge in [0.25, 0.3) is 0 Å². The summed E-state index contributed by atoms with van der Waals surface area (Å²) in [5, 5.41) is 8.56. The van der Waals surface area contributed by atoms with Gasteiger partial charge in [0.15, 0.2) is 0 Å². The van der Waals surface area contributed by atoms with Gasteiger partial charge in [0.2, 0.25) is 0 Å². The van der Waals surface area contributed by atoms with Crippen molar-refractivity contribution in [2.24, 2.45) is 5.73 Å². The Morgan fingerprint density at radius 1 is 1.60 bits per heavy atom. The van der Waals surface area contributed by atoms with Gasteiger partial charge in [0.1, 0.15) is 6.04 Å². The monoisotopic (exact) mass is 291 g/mol. The van der Waals surface area contributed by atoms with E-state index in [2.05, 4.69) is 15.9 Å². The van der Waals surface area contributed by atoms with Gasteiger partial charge in [-0.25, -0.2) is 0 Å². The molecule has 0 fully saturated rings. The minimum atomic E-state index is -1.38. The van der Waals surface area contributed by atoms with E-state index in [1.165, 1.54) is 0 Å². The molecule has 0 heterocycles. The van der Waals surface area contributed by atoms with E-state index in [0.717, 1.165) is 4.47 Å². The third-order valence-electron chi connectivity index (χ3n) is 1.71. The van der Waals surface area contributed by atoms with Gasteiger partial charge < -0.3 is 10.8 Å². The number of carboxylic acid groups (broad SMARTS) is 1. The molecule has 82 valence electrons. The second kappa shape index (κ2) is 5.39. The highest BCUT2D eigenvalue weighted by molar-refractivity contribution is 9.10. The Labute approximate surface area is 98.1 Å². The first kappa shape index (κ1) is 12.4. The Hall–Kier alpha value is -0.720. The van der Waals surface area contributed by atoms with Crippen molar-refractivity contribution in [2.45, 2.75) is 10.9 Å². The normalized spacial score (nSPS) is 14.5. The molecule has 4 nitrogen and oxygen atoms in total. The largest absolute Gasteiger partial charge is 0.480 e. The molecule has 1 rings (SSSR count). The van der Waals surface area contributed by atoms with Gasteiger partial charge >= 0.3 is 5.97 Å². The van der Waals surface area contributed by atoms with Crippen LogP contribution in [0, 0.1) is 0 Å². The van der Waals surface area contributed by atoms with Crippen LogP contribution < -0.4 is 5.73 Å². The molecule has 0 aromatic heterocycles. The molecule has 15 heavy (non-hydrogen) atoms. The molecule has 3 N–H and O–H groups in total. The van der Waals surface area contributed by atoms with Crippen LogP contribution in [-0.4, -0.2) is 27.1 Å². The van der Waals surface area contributed by atoms with Crippen LogP contribution in [0.15, 0.2) is 33.6 Å². The van der Waals surface area contributed by atoms with E-state index >= 15 is 0 Å². The maximum absolute atomic E-state index is 11.7. The fourth-order valence-corrected chi connectivity index (χ4v) is 2.64. The number of hydrogen-bond acceptors (Lipinski definition) is 3. The third-order valence-corrected chi connectivity index (χ3v) is 3.64.